The molecule has 1 fully saturated rings. The first-order valence-corrected chi connectivity index (χ1v) is 6.60. The average molecular weight is 289 g/mol. The number of carbonyl (C=O) groups is 1. The molecular weight excluding hydrogens is 275 g/mol. The molecule has 1 unspecified atom stereocenters. The van der Waals surface area contributed by atoms with Gasteiger partial charge in [0.1, 0.15) is 6.04 Å². The summed E-state index contributed by atoms with van der Waals surface area (Å²) >= 11 is 11.8. The van der Waals surface area contributed by atoms with Crippen LogP contribution in [0.2, 0.25) is 10.0 Å². The molecule has 6 heteroatoms. The minimum atomic E-state index is -0.778. The van der Waals surface area contributed by atoms with Gasteiger partial charge in [0.05, 0.1) is 15.7 Å². The molecule has 0 spiro atoms. The van der Waals surface area contributed by atoms with Gasteiger partial charge in [0, 0.05) is 12.7 Å². The summed E-state index contributed by atoms with van der Waals surface area (Å²) in [5, 5.41) is 10.2. The van der Waals surface area contributed by atoms with Crippen LogP contribution in [0.25, 0.3) is 0 Å². The molecule has 0 bridgehead atoms. The molecule has 0 aliphatic carbocycles. The van der Waals surface area contributed by atoms with Gasteiger partial charge in [-0.05, 0) is 25.5 Å². The highest BCUT2D eigenvalue weighted by Gasteiger charge is 2.28. The smallest absolute Gasteiger partial charge is 0.320 e. The van der Waals surface area contributed by atoms with Gasteiger partial charge in [-0.15, -0.1) is 0 Å². The summed E-state index contributed by atoms with van der Waals surface area (Å²) in [6, 6.07) is 1.19. The molecule has 1 aliphatic heterocycles. The highest BCUT2D eigenvalue weighted by molar-refractivity contribution is 6.34. The second kappa shape index (κ2) is 5.87. The molecule has 1 aromatic heterocycles. The first-order chi connectivity index (χ1) is 8.58. The van der Waals surface area contributed by atoms with Crippen LogP contribution in [-0.2, 0) is 11.3 Å². The van der Waals surface area contributed by atoms with Gasteiger partial charge in [-0.1, -0.05) is 29.6 Å². The zero-order valence-corrected chi connectivity index (χ0v) is 11.3. The van der Waals surface area contributed by atoms with E-state index in [1.165, 1.54) is 6.20 Å². The molecule has 18 heavy (non-hydrogen) atoms. The van der Waals surface area contributed by atoms with Crippen LogP contribution < -0.4 is 0 Å². The lowest BCUT2D eigenvalue weighted by Gasteiger charge is -2.32. The molecule has 98 valence electrons. The maximum absolute atomic E-state index is 11.2. The van der Waals surface area contributed by atoms with Crippen LogP contribution >= 0.6 is 23.2 Å². The summed E-state index contributed by atoms with van der Waals surface area (Å²) in [5.41, 5.74) is 0.675. The molecule has 0 aromatic carbocycles. The number of hydrogen-bond acceptors (Lipinski definition) is 3. The molecule has 4 nitrogen and oxygen atoms in total. The number of carboxylic acids is 1. The normalized spacial score (nSPS) is 20.9. The second-order valence-corrected chi connectivity index (χ2v) is 5.25. The Hall–Kier alpha value is -0.840. The van der Waals surface area contributed by atoms with Crippen molar-refractivity contribution in [2.45, 2.75) is 31.8 Å². The van der Waals surface area contributed by atoms with E-state index in [9.17, 15) is 9.90 Å². The maximum Gasteiger partial charge on any atom is 0.320 e. The number of aromatic nitrogens is 1. The van der Waals surface area contributed by atoms with Gasteiger partial charge in [-0.25, -0.2) is 0 Å². The predicted molar refractivity (Wildman–Crippen MR) is 69.9 cm³/mol. The van der Waals surface area contributed by atoms with Crippen molar-refractivity contribution in [3.8, 4) is 0 Å². The fraction of sp³-hybridized carbons (Fsp3) is 0.500. The van der Waals surface area contributed by atoms with E-state index in [1.54, 1.807) is 6.07 Å². The van der Waals surface area contributed by atoms with Crippen molar-refractivity contribution in [2.75, 3.05) is 6.54 Å². The summed E-state index contributed by atoms with van der Waals surface area (Å²) in [7, 11) is 0. The maximum atomic E-state index is 11.2. The molecule has 1 atom stereocenters. The monoisotopic (exact) mass is 288 g/mol. The lowest BCUT2D eigenvalue weighted by Crippen LogP contribution is -2.44. The number of piperidine rings is 1. The van der Waals surface area contributed by atoms with Crippen molar-refractivity contribution < 1.29 is 9.90 Å². The Labute approximate surface area is 116 Å². The standard InChI is InChI=1S/C12H14Cl2N2O2/c13-8-5-9(14)10(15-6-8)7-16-4-2-1-3-11(16)12(17)18/h5-6,11H,1-4,7H2,(H,17,18). The van der Waals surface area contributed by atoms with Crippen LogP contribution in [-0.4, -0.2) is 33.5 Å². The van der Waals surface area contributed by atoms with Crippen molar-refractivity contribution in [1.82, 2.24) is 9.88 Å². The topological polar surface area (TPSA) is 53.4 Å². The molecule has 2 heterocycles. The molecule has 1 saturated heterocycles. The van der Waals surface area contributed by atoms with E-state index >= 15 is 0 Å². The Morgan fingerprint density at radius 3 is 2.94 bits per heavy atom. The van der Waals surface area contributed by atoms with E-state index in [0.29, 0.717) is 28.7 Å². The summed E-state index contributed by atoms with van der Waals surface area (Å²) in [5.74, 6) is -0.778. The minimum Gasteiger partial charge on any atom is -0.480 e. The van der Waals surface area contributed by atoms with Gasteiger partial charge in [0.25, 0.3) is 0 Å². The highest BCUT2D eigenvalue weighted by Crippen LogP contribution is 2.24. The van der Waals surface area contributed by atoms with Crippen LogP contribution in [0.5, 0.6) is 0 Å². The Balaban J connectivity index is 2.13. The zero-order valence-electron chi connectivity index (χ0n) is 9.77. The molecule has 0 amide bonds. The molecule has 2 rings (SSSR count). The van der Waals surface area contributed by atoms with Gasteiger partial charge in [0.2, 0.25) is 0 Å². The number of pyridine rings is 1. The predicted octanol–water partition coefficient (Wildman–Crippen LogP) is 2.83. The van der Waals surface area contributed by atoms with Gasteiger partial charge >= 0.3 is 5.97 Å². The molecule has 1 aliphatic rings. The summed E-state index contributed by atoms with van der Waals surface area (Å²) in [6.07, 6.45) is 4.17. The van der Waals surface area contributed by atoms with Crippen LogP contribution in [0, 0.1) is 0 Å². The second-order valence-electron chi connectivity index (χ2n) is 4.40. The van der Waals surface area contributed by atoms with Gasteiger partial charge < -0.3 is 5.11 Å². The Morgan fingerprint density at radius 1 is 1.50 bits per heavy atom. The Kier molecular flexibility index (Phi) is 4.43. The Bertz CT molecular complexity index is 454. The zero-order chi connectivity index (χ0) is 13.1. The highest BCUT2D eigenvalue weighted by atomic mass is 35.5. The fourth-order valence-corrected chi connectivity index (χ4v) is 2.65. The Morgan fingerprint density at radius 2 is 2.28 bits per heavy atom. The molecule has 0 radical (unpaired) electrons. The van der Waals surface area contributed by atoms with Crippen molar-refractivity contribution >= 4 is 29.2 Å². The molecule has 0 saturated carbocycles. The van der Waals surface area contributed by atoms with E-state index in [2.05, 4.69) is 4.98 Å². The quantitative estimate of drug-likeness (QED) is 0.929. The van der Waals surface area contributed by atoms with E-state index in [1.807, 2.05) is 4.90 Å². The largest absolute Gasteiger partial charge is 0.480 e. The molecule has 1 aromatic rings. The SMILES string of the molecule is O=C(O)C1CCCCN1Cc1ncc(Cl)cc1Cl. The number of nitrogens with zero attached hydrogens (tertiary/aromatic N) is 2. The van der Waals surface area contributed by atoms with Crippen molar-refractivity contribution in [3.05, 3.63) is 28.0 Å². The molecular formula is C12H14Cl2N2O2. The van der Waals surface area contributed by atoms with Crippen LogP contribution in [0.3, 0.4) is 0 Å². The van der Waals surface area contributed by atoms with Gasteiger partial charge in [-0.2, -0.15) is 0 Å². The van der Waals surface area contributed by atoms with Crippen LogP contribution in [0.15, 0.2) is 12.3 Å². The lowest BCUT2D eigenvalue weighted by atomic mass is 10.0. The first-order valence-electron chi connectivity index (χ1n) is 5.84. The summed E-state index contributed by atoms with van der Waals surface area (Å²) in [6.45, 7) is 1.21. The summed E-state index contributed by atoms with van der Waals surface area (Å²) < 4.78 is 0. The number of aliphatic carboxylic acids is 1. The fourth-order valence-electron chi connectivity index (χ4n) is 2.21. The number of carboxylic acid groups (broad SMARTS) is 1. The lowest BCUT2D eigenvalue weighted by molar-refractivity contribution is -0.144. The number of rotatable bonds is 3. The van der Waals surface area contributed by atoms with Gasteiger partial charge in [-0.3, -0.25) is 14.7 Å². The third kappa shape index (κ3) is 3.13. The summed E-state index contributed by atoms with van der Waals surface area (Å²) in [4.78, 5) is 17.3. The van der Waals surface area contributed by atoms with Crippen molar-refractivity contribution in [2.24, 2.45) is 0 Å². The third-order valence-electron chi connectivity index (χ3n) is 3.14. The number of halogens is 2. The number of hydrogen-bond donors (Lipinski definition) is 1. The average Bonchev–Trinajstić information content (AvgIpc) is 2.33. The van der Waals surface area contributed by atoms with Crippen LogP contribution in [0.4, 0.5) is 0 Å². The van der Waals surface area contributed by atoms with Crippen molar-refractivity contribution in [3.63, 3.8) is 0 Å². The van der Waals surface area contributed by atoms with Crippen LogP contribution in [0.1, 0.15) is 25.0 Å². The van der Waals surface area contributed by atoms with Gasteiger partial charge in [0.15, 0.2) is 0 Å². The molecule has 1 N–H and O–H groups in total. The first kappa shape index (κ1) is 13.6. The number of likely N-dealkylation sites (tertiary alicyclic amines) is 1. The van der Waals surface area contributed by atoms with E-state index < -0.39 is 12.0 Å². The minimum absolute atomic E-state index is 0.438. The van der Waals surface area contributed by atoms with Crippen molar-refractivity contribution in [1.29, 1.82) is 0 Å². The van der Waals surface area contributed by atoms with E-state index in [-0.39, 0.29) is 0 Å². The van der Waals surface area contributed by atoms with E-state index in [4.69, 9.17) is 23.2 Å². The third-order valence-corrected chi connectivity index (χ3v) is 3.67. The van der Waals surface area contributed by atoms with E-state index in [0.717, 1.165) is 19.4 Å².